The van der Waals surface area contributed by atoms with Gasteiger partial charge < -0.3 is 4.90 Å². The Morgan fingerprint density at radius 3 is 2.45 bits per heavy atom. The van der Waals surface area contributed by atoms with E-state index in [1.807, 2.05) is 0 Å². The van der Waals surface area contributed by atoms with E-state index in [1.54, 1.807) is 0 Å². The zero-order valence-corrected chi connectivity index (χ0v) is 12.6. The van der Waals surface area contributed by atoms with E-state index in [9.17, 15) is 14.0 Å². The Bertz CT molecular complexity index is 511. The van der Waals surface area contributed by atoms with Crippen LogP contribution in [-0.2, 0) is 4.79 Å². The van der Waals surface area contributed by atoms with Crippen molar-refractivity contribution in [1.82, 2.24) is 10.3 Å². The lowest BCUT2D eigenvalue weighted by Gasteiger charge is -2.30. The molecule has 6 heteroatoms. The Morgan fingerprint density at radius 1 is 1.23 bits per heavy atom. The number of Topliss-reactive ketones (excluding diaryl/α,β-unsaturated/α-hetero) is 1. The predicted molar refractivity (Wildman–Crippen MR) is 81.5 cm³/mol. The zero-order chi connectivity index (χ0) is 15.9. The van der Waals surface area contributed by atoms with Gasteiger partial charge >= 0.3 is 0 Å². The van der Waals surface area contributed by atoms with Crippen molar-refractivity contribution in [3.8, 4) is 0 Å². The maximum absolute atomic E-state index is 12.8. The largest absolute Gasteiger partial charge is 0.303 e. The molecule has 0 unspecified atom stereocenters. The van der Waals surface area contributed by atoms with E-state index in [0.29, 0.717) is 12.0 Å². The first kappa shape index (κ1) is 16.6. The van der Waals surface area contributed by atoms with Crippen LogP contribution in [-0.4, -0.2) is 36.2 Å². The van der Waals surface area contributed by atoms with E-state index in [2.05, 4.69) is 10.3 Å². The first-order chi connectivity index (χ1) is 10.6. The second-order valence-corrected chi connectivity index (χ2v) is 5.66. The summed E-state index contributed by atoms with van der Waals surface area (Å²) < 4.78 is 12.8. The van der Waals surface area contributed by atoms with Gasteiger partial charge in [-0.2, -0.15) is 0 Å². The van der Waals surface area contributed by atoms with Gasteiger partial charge in [0.15, 0.2) is 5.78 Å². The summed E-state index contributed by atoms with van der Waals surface area (Å²) in [5.41, 5.74) is 2.76. The zero-order valence-electron chi connectivity index (χ0n) is 12.6. The molecule has 120 valence electrons. The van der Waals surface area contributed by atoms with Gasteiger partial charge in [-0.25, -0.2) is 10.2 Å². The molecule has 0 aromatic heterocycles. The van der Waals surface area contributed by atoms with Gasteiger partial charge in [-0.1, -0.05) is 0 Å². The second kappa shape index (κ2) is 8.00. The third-order valence-corrected chi connectivity index (χ3v) is 4.15. The van der Waals surface area contributed by atoms with Crippen LogP contribution in [0.25, 0.3) is 0 Å². The minimum Gasteiger partial charge on any atom is -0.303 e. The molecule has 1 fully saturated rings. The highest BCUT2D eigenvalue weighted by molar-refractivity contribution is 5.95. The molecule has 2 rings (SSSR count). The molecule has 5 nitrogen and oxygen atoms in total. The molecule has 0 atom stereocenters. The van der Waals surface area contributed by atoms with Crippen LogP contribution in [0.5, 0.6) is 0 Å². The molecule has 1 aromatic carbocycles. The van der Waals surface area contributed by atoms with Crippen molar-refractivity contribution in [2.45, 2.75) is 25.7 Å². The fourth-order valence-corrected chi connectivity index (χ4v) is 2.78. The number of halogens is 1. The van der Waals surface area contributed by atoms with Gasteiger partial charge in [-0.05, 0) is 63.2 Å². The van der Waals surface area contributed by atoms with E-state index in [0.717, 1.165) is 38.9 Å². The molecule has 22 heavy (non-hydrogen) atoms. The number of amides is 1. The number of hydrogen-bond acceptors (Lipinski definition) is 4. The third-order valence-electron chi connectivity index (χ3n) is 4.15. The summed E-state index contributed by atoms with van der Waals surface area (Å²) in [5, 5.41) is 0. The average Bonchev–Trinajstić information content (AvgIpc) is 2.55. The Kier molecular flexibility index (Phi) is 6.03. The predicted octanol–water partition coefficient (Wildman–Crippen LogP) is 1.49. The Hall–Kier alpha value is -1.79. The van der Waals surface area contributed by atoms with Crippen LogP contribution in [0.3, 0.4) is 0 Å². The normalized spacial score (nSPS) is 16.5. The number of rotatable bonds is 6. The number of carbonyl (C=O) groups is 2. The van der Waals surface area contributed by atoms with E-state index in [1.165, 1.54) is 24.3 Å². The van der Waals surface area contributed by atoms with Gasteiger partial charge in [0.2, 0.25) is 5.91 Å². The summed E-state index contributed by atoms with van der Waals surface area (Å²) in [5.74, 6) is 4.76. The van der Waals surface area contributed by atoms with Gasteiger partial charge in [-0.15, -0.1) is 0 Å². The van der Waals surface area contributed by atoms with Crippen molar-refractivity contribution in [2.75, 3.05) is 19.6 Å². The lowest BCUT2D eigenvalue weighted by molar-refractivity contribution is -0.126. The molecular formula is C16H22FN3O2. The summed E-state index contributed by atoms with van der Waals surface area (Å²) in [7, 11) is 0. The number of nitrogens with zero attached hydrogens (tertiary/aromatic N) is 1. The lowest BCUT2D eigenvalue weighted by atomic mass is 9.96. The number of hydrazine groups is 1. The fraction of sp³-hybridized carbons (Fsp3) is 0.500. The number of ketones is 1. The number of benzene rings is 1. The first-order valence-electron chi connectivity index (χ1n) is 7.61. The van der Waals surface area contributed by atoms with Crippen molar-refractivity contribution in [2.24, 2.45) is 11.8 Å². The molecule has 0 radical (unpaired) electrons. The van der Waals surface area contributed by atoms with Crippen LogP contribution in [0.15, 0.2) is 24.3 Å². The number of carbonyl (C=O) groups excluding carboxylic acids is 2. The van der Waals surface area contributed by atoms with Crippen LogP contribution in [0, 0.1) is 11.7 Å². The van der Waals surface area contributed by atoms with E-state index >= 15 is 0 Å². The molecule has 0 bridgehead atoms. The van der Waals surface area contributed by atoms with Gasteiger partial charge in [0.05, 0.1) is 0 Å². The molecule has 1 aromatic rings. The number of likely N-dealkylation sites (tertiary alicyclic amines) is 1. The molecule has 1 saturated heterocycles. The highest BCUT2D eigenvalue weighted by atomic mass is 19.1. The molecule has 0 aliphatic carbocycles. The Balaban J connectivity index is 1.68. The van der Waals surface area contributed by atoms with Crippen molar-refractivity contribution in [3.05, 3.63) is 35.6 Å². The molecule has 1 heterocycles. The maximum Gasteiger partial charge on any atom is 0.237 e. The average molecular weight is 307 g/mol. The minimum absolute atomic E-state index is 0.00194. The standard InChI is InChI=1S/C16H22FN3O2/c17-14-5-3-12(4-6-14)15(21)2-1-9-20-10-7-13(8-11-20)16(22)19-18/h3-6,13H,1-2,7-11,18H2,(H,19,22). The summed E-state index contributed by atoms with van der Waals surface area (Å²) in [6.07, 6.45) is 2.82. The van der Waals surface area contributed by atoms with Crippen LogP contribution < -0.4 is 11.3 Å². The number of piperidine rings is 1. The molecule has 0 saturated carbocycles. The SMILES string of the molecule is NNC(=O)C1CCN(CCCC(=O)c2ccc(F)cc2)CC1. The highest BCUT2D eigenvalue weighted by Gasteiger charge is 2.24. The highest BCUT2D eigenvalue weighted by Crippen LogP contribution is 2.17. The second-order valence-electron chi connectivity index (χ2n) is 5.66. The lowest BCUT2D eigenvalue weighted by Crippen LogP contribution is -2.42. The topological polar surface area (TPSA) is 75.4 Å². The van der Waals surface area contributed by atoms with Gasteiger partial charge in [0.1, 0.15) is 5.82 Å². The van der Waals surface area contributed by atoms with Crippen LogP contribution >= 0.6 is 0 Å². The van der Waals surface area contributed by atoms with Crippen molar-refractivity contribution >= 4 is 11.7 Å². The maximum atomic E-state index is 12.8. The Labute approximate surface area is 129 Å². The van der Waals surface area contributed by atoms with Crippen molar-refractivity contribution in [3.63, 3.8) is 0 Å². The van der Waals surface area contributed by atoms with Gasteiger partial charge in [-0.3, -0.25) is 15.0 Å². The molecule has 1 amide bonds. The summed E-state index contributed by atoms with van der Waals surface area (Å²) in [6, 6.07) is 5.66. The minimum atomic E-state index is -0.332. The van der Waals surface area contributed by atoms with Crippen LogP contribution in [0.4, 0.5) is 4.39 Å². The van der Waals surface area contributed by atoms with Crippen molar-refractivity contribution in [1.29, 1.82) is 0 Å². The summed E-state index contributed by atoms with van der Waals surface area (Å²) >= 11 is 0. The van der Waals surface area contributed by atoms with Crippen LogP contribution in [0.1, 0.15) is 36.0 Å². The van der Waals surface area contributed by atoms with Crippen LogP contribution in [0.2, 0.25) is 0 Å². The summed E-state index contributed by atoms with van der Waals surface area (Å²) in [6.45, 7) is 2.54. The van der Waals surface area contributed by atoms with Crippen molar-refractivity contribution < 1.29 is 14.0 Å². The molecule has 1 aliphatic heterocycles. The fourth-order valence-electron chi connectivity index (χ4n) is 2.78. The molecule has 0 spiro atoms. The van der Waals surface area contributed by atoms with Gasteiger partial charge in [0.25, 0.3) is 0 Å². The van der Waals surface area contributed by atoms with Gasteiger partial charge in [0, 0.05) is 17.9 Å². The quantitative estimate of drug-likeness (QED) is 0.361. The number of nitrogens with one attached hydrogen (secondary N) is 1. The third kappa shape index (κ3) is 4.61. The molecule has 1 aliphatic rings. The van der Waals surface area contributed by atoms with E-state index < -0.39 is 0 Å². The molecule has 3 N–H and O–H groups in total. The molecular weight excluding hydrogens is 285 g/mol. The van der Waals surface area contributed by atoms with E-state index in [-0.39, 0.29) is 23.4 Å². The first-order valence-corrected chi connectivity index (χ1v) is 7.61. The Morgan fingerprint density at radius 2 is 1.86 bits per heavy atom. The number of hydrogen-bond donors (Lipinski definition) is 2. The summed E-state index contributed by atoms with van der Waals surface area (Å²) in [4.78, 5) is 25.7. The smallest absolute Gasteiger partial charge is 0.237 e. The number of nitrogens with two attached hydrogens (primary N) is 1. The monoisotopic (exact) mass is 307 g/mol. The van der Waals surface area contributed by atoms with E-state index in [4.69, 9.17) is 5.84 Å².